The van der Waals surface area contributed by atoms with Crippen molar-refractivity contribution in [1.82, 2.24) is 25.0 Å². The number of aromatic nitrogens is 5. The van der Waals surface area contributed by atoms with Crippen LogP contribution < -0.4 is 0 Å². The molecule has 0 aliphatic rings. The number of hydrogen-bond acceptors (Lipinski definition) is 7. The van der Waals surface area contributed by atoms with E-state index in [1.165, 1.54) is 6.33 Å². The van der Waals surface area contributed by atoms with Crippen molar-refractivity contribution in [2.24, 2.45) is 5.16 Å². The Morgan fingerprint density at radius 2 is 2.12 bits per heavy atom. The highest BCUT2D eigenvalue weighted by molar-refractivity contribution is 6.33. The van der Waals surface area contributed by atoms with Crippen molar-refractivity contribution < 1.29 is 9.25 Å². The van der Waals surface area contributed by atoms with E-state index < -0.39 is 5.54 Å². The zero-order valence-corrected chi connectivity index (χ0v) is 15.5. The van der Waals surface area contributed by atoms with Crippen molar-refractivity contribution in [1.29, 1.82) is 0 Å². The van der Waals surface area contributed by atoms with Crippen molar-refractivity contribution in [2.75, 3.05) is 0 Å². The van der Waals surface area contributed by atoms with E-state index in [-0.39, 0.29) is 6.61 Å². The lowest BCUT2D eigenvalue weighted by atomic mass is 9.97. The van der Waals surface area contributed by atoms with Gasteiger partial charge in [0.05, 0.1) is 16.3 Å². The number of nitrogens with zero attached hydrogens (tertiary/aromatic N) is 6. The van der Waals surface area contributed by atoms with E-state index in [1.54, 1.807) is 17.1 Å². The summed E-state index contributed by atoms with van der Waals surface area (Å²) in [7, 11) is 0. The fourth-order valence-electron chi connectivity index (χ4n) is 2.46. The first-order valence-electron chi connectivity index (χ1n) is 8.14. The van der Waals surface area contributed by atoms with Crippen LogP contribution in [0.15, 0.2) is 46.5 Å². The average Bonchev–Trinajstić information content (AvgIpc) is 3.31. The molecule has 0 saturated heterocycles. The fraction of sp³-hybridized carbons (Fsp3) is 0.353. The van der Waals surface area contributed by atoms with Gasteiger partial charge in [0, 0.05) is 0 Å². The Morgan fingerprint density at radius 1 is 1.31 bits per heavy atom. The largest absolute Gasteiger partial charge is 0.417 e. The van der Waals surface area contributed by atoms with Crippen LogP contribution in [0.1, 0.15) is 33.1 Å². The van der Waals surface area contributed by atoms with Gasteiger partial charge in [-0.1, -0.05) is 35.8 Å². The summed E-state index contributed by atoms with van der Waals surface area (Å²) in [5.74, 6) is 0.662. The molecular formula is C17H19ClN6O2. The van der Waals surface area contributed by atoms with Gasteiger partial charge < -0.3 is 9.25 Å². The minimum atomic E-state index is -0.456. The first-order valence-corrected chi connectivity index (χ1v) is 8.52. The molecule has 0 amide bonds. The lowest BCUT2D eigenvalue weighted by molar-refractivity contribution is 0.108. The summed E-state index contributed by atoms with van der Waals surface area (Å²) in [6.45, 7) is 6.06. The van der Waals surface area contributed by atoms with Crippen molar-refractivity contribution in [3.63, 3.8) is 0 Å². The highest BCUT2D eigenvalue weighted by Gasteiger charge is 2.27. The van der Waals surface area contributed by atoms with Gasteiger partial charge in [-0.25, -0.2) is 9.67 Å². The topological polar surface area (TPSA) is 91.2 Å². The number of oxime groups is 1. The standard InChI is InChI=1S/C17H19ClN6O2/c1-4-14(17(2,3)24-11-19-10-20-24)23-25-9-15-21-22-16(26-15)12-7-5-6-8-13(12)18/h5-8,10-11H,4,9H2,1-3H3. The van der Waals surface area contributed by atoms with Crippen molar-refractivity contribution in [2.45, 2.75) is 39.3 Å². The molecule has 0 saturated carbocycles. The Labute approximate surface area is 155 Å². The maximum Gasteiger partial charge on any atom is 0.257 e. The summed E-state index contributed by atoms with van der Waals surface area (Å²) in [6.07, 6.45) is 3.84. The summed E-state index contributed by atoms with van der Waals surface area (Å²) >= 11 is 6.14. The third-order valence-electron chi connectivity index (χ3n) is 3.97. The monoisotopic (exact) mass is 374 g/mol. The third-order valence-corrected chi connectivity index (χ3v) is 4.30. The molecule has 2 aromatic heterocycles. The summed E-state index contributed by atoms with van der Waals surface area (Å²) in [6, 6.07) is 7.27. The summed E-state index contributed by atoms with van der Waals surface area (Å²) in [4.78, 5) is 9.42. The summed E-state index contributed by atoms with van der Waals surface area (Å²) in [5, 5.41) is 16.9. The molecule has 0 N–H and O–H groups in total. The van der Waals surface area contributed by atoms with Gasteiger partial charge in [-0.15, -0.1) is 10.2 Å². The molecule has 0 radical (unpaired) electrons. The summed E-state index contributed by atoms with van der Waals surface area (Å²) in [5.41, 5.74) is 1.04. The van der Waals surface area contributed by atoms with Gasteiger partial charge in [-0.3, -0.25) is 0 Å². The molecule has 26 heavy (non-hydrogen) atoms. The molecule has 0 fully saturated rings. The minimum Gasteiger partial charge on any atom is -0.417 e. The van der Waals surface area contributed by atoms with Gasteiger partial charge in [0.15, 0.2) is 6.61 Å². The van der Waals surface area contributed by atoms with E-state index in [9.17, 15) is 0 Å². The van der Waals surface area contributed by atoms with Gasteiger partial charge in [0.2, 0.25) is 5.89 Å². The van der Waals surface area contributed by atoms with E-state index in [2.05, 4.69) is 25.4 Å². The van der Waals surface area contributed by atoms with Gasteiger partial charge in [0.25, 0.3) is 5.89 Å². The zero-order valence-electron chi connectivity index (χ0n) is 14.8. The van der Waals surface area contributed by atoms with Crippen molar-refractivity contribution >= 4 is 17.3 Å². The smallest absolute Gasteiger partial charge is 0.257 e. The van der Waals surface area contributed by atoms with Crippen LogP contribution >= 0.6 is 11.6 Å². The van der Waals surface area contributed by atoms with E-state index in [1.807, 2.05) is 39.0 Å². The second-order valence-corrected chi connectivity index (χ2v) is 6.45. The van der Waals surface area contributed by atoms with Gasteiger partial charge in [-0.2, -0.15) is 5.10 Å². The first kappa shape index (κ1) is 18.1. The number of benzene rings is 1. The number of halogens is 1. The van der Waals surface area contributed by atoms with E-state index >= 15 is 0 Å². The lowest BCUT2D eigenvalue weighted by Crippen LogP contribution is -2.36. The molecule has 3 aromatic rings. The third kappa shape index (κ3) is 3.75. The lowest BCUT2D eigenvalue weighted by Gasteiger charge is -2.25. The van der Waals surface area contributed by atoms with Gasteiger partial charge in [-0.05, 0) is 32.4 Å². The van der Waals surface area contributed by atoms with Crippen LogP contribution in [0, 0.1) is 0 Å². The van der Waals surface area contributed by atoms with Gasteiger partial charge in [0.1, 0.15) is 18.2 Å². The second kappa shape index (κ2) is 7.65. The van der Waals surface area contributed by atoms with Gasteiger partial charge >= 0.3 is 0 Å². The molecule has 0 aliphatic carbocycles. The summed E-state index contributed by atoms with van der Waals surface area (Å²) < 4.78 is 7.33. The van der Waals surface area contributed by atoms with Crippen LogP contribution in [0.25, 0.3) is 11.5 Å². The highest BCUT2D eigenvalue weighted by Crippen LogP contribution is 2.26. The molecule has 0 bridgehead atoms. The highest BCUT2D eigenvalue weighted by atomic mass is 35.5. The Hall–Kier alpha value is -2.74. The molecular weight excluding hydrogens is 356 g/mol. The molecule has 0 spiro atoms. The van der Waals surface area contributed by atoms with Crippen LogP contribution in [-0.4, -0.2) is 30.7 Å². The predicted octanol–water partition coefficient (Wildman–Crippen LogP) is 3.70. The Bertz CT molecular complexity index is 888. The van der Waals surface area contributed by atoms with E-state index in [4.69, 9.17) is 20.9 Å². The van der Waals surface area contributed by atoms with Crippen LogP contribution in [-0.2, 0) is 17.0 Å². The molecule has 136 valence electrons. The van der Waals surface area contributed by atoms with Crippen LogP contribution in [0.4, 0.5) is 0 Å². The number of hydrogen-bond donors (Lipinski definition) is 0. The van der Waals surface area contributed by atoms with Crippen LogP contribution in [0.2, 0.25) is 5.02 Å². The Kier molecular flexibility index (Phi) is 5.32. The Balaban J connectivity index is 1.69. The minimum absolute atomic E-state index is 0.0639. The van der Waals surface area contributed by atoms with Crippen molar-refractivity contribution in [3.05, 3.63) is 47.8 Å². The second-order valence-electron chi connectivity index (χ2n) is 6.04. The maximum atomic E-state index is 6.14. The molecule has 0 unspecified atom stereocenters. The molecule has 9 heteroatoms. The Morgan fingerprint density at radius 3 is 2.81 bits per heavy atom. The average molecular weight is 375 g/mol. The number of rotatable bonds is 7. The normalized spacial score (nSPS) is 12.4. The zero-order chi connectivity index (χ0) is 18.6. The maximum absolute atomic E-state index is 6.14. The van der Waals surface area contributed by atoms with E-state index in [0.29, 0.717) is 28.8 Å². The van der Waals surface area contributed by atoms with Crippen LogP contribution in [0.5, 0.6) is 0 Å². The molecule has 8 nitrogen and oxygen atoms in total. The quantitative estimate of drug-likeness (QED) is 0.462. The SMILES string of the molecule is CCC(=NOCc1nnc(-c2ccccc2Cl)o1)C(C)(C)n1cncn1. The van der Waals surface area contributed by atoms with Crippen LogP contribution in [0.3, 0.4) is 0 Å². The molecule has 0 atom stereocenters. The molecule has 2 heterocycles. The molecule has 1 aromatic carbocycles. The molecule has 0 aliphatic heterocycles. The molecule has 3 rings (SSSR count). The first-order chi connectivity index (χ1) is 12.5. The van der Waals surface area contributed by atoms with E-state index in [0.717, 1.165) is 5.71 Å². The van der Waals surface area contributed by atoms with Crippen molar-refractivity contribution in [3.8, 4) is 11.5 Å². The predicted molar refractivity (Wildman–Crippen MR) is 96.6 cm³/mol. The fourth-order valence-corrected chi connectivity index (χ4v) is 2.68.